The van der Waals surface area contributed by atoms with Gasteiger partial charge in [-0.15, -0.1) is 0 Å². The monoisotopic (exact) mass is 419 g/mol. The molecule has 9 heteroatoms. The van der Waals surface area contributed by atoms with E-state index < -0.39 is 18.2 Å². The summed E-state index contributed by atoms with van der Waals surface area (Å²) in [5.41, 5.74) is 7.30. The SMILES string of the molecule is COc1ccc(NC2NNC(NC(=O)Cc3c(Cl)cccc3Cl)C2C#N)cc1. The molecule has 0 radical (unpaired) electrons. The van der Waals surface area contributed by atoms with E-state index in [1.165, 1.54) is 0 Å². The lowest BCUT2D eigenvalue weighted by atomic mass is 10.1. The van der Waals surface area contributed by atoms with Crippen molar-refractivity contribution in [2.45, 2.75) is 18.8 Å². The molecule has 0 aromatic heterocycles. The first-order chi connectivity index (χ1) is 13.5. The van der Waals surface area contributed by atoms with E-state index in [0.717, 1.165) is 11.4 Å². The highest BCUT2D eigenvalue weighted by Gasteiger charge is 2.37. The predicted octanol–water partition coefficient (Wildman–Crippen LogP) is 2.67. The molecule has 3 rings (SSSR count). The lowest BCUT2D eigenvalue weighted by Crippen LogP contribution is -2.47. The van der Waals surface area contributed by atoms with Gasteiger partial charge in [0.1, 0.15) is 24.0 Å². The van der Waals surface area contributed by atoms with E-state index in [-0.39, 0.29) is 12.3 Å². The van der Waals surface area contributed by atoms with Crippen LogP contribution in [-0.4, -0.2) is 25.3 Å². The molecule has 0 saturated carbocycles. The van der Waals surface area contributed by atoms with Gasteiger partial charge in [-0.25, -0.2) is 10.9 Å². The first kappa shape index (κ1) is 20.2. The lowest BCUT2D eigenvalue weighted by molar-refractivity contribution is -0.121. The Morgan fingerprint density at radius 1 is 1.14 bits per heavy atom. The molecule has 1 fully saturated rings. The topological polar surface area (TPSA) is 98.2 Å². The molecule has 1 heterocycles. The highest BCUT2D eigenvalue weighted by molar-refractivity contribution is 6.36. The highest BCUT2D eigenvalue weighted by Crippen LogP contribution is 2.25. The zero-order valence-electron chi connectivity index (χ0n) is 15.0. The van der Waals surface area contributed by atoms with Gasteiger partial charge in [-0.1, -0.05) is 29.3 Å². The van der Waals surface area contributed by atoms with Crippen molar-refractivity contribution in [2.75, 3.05) is 12.4 Å². The normalized spacial score (nSPS) is 21.0. The number of hydrazine groups is 1. The fourth-order valence-electron chi connectivity index (χ4n) is 2.91. The maximum absolute atomic E-state index is 12.4. The minimum atomic E-state index is -0.575. The first-order valence-electron chi connectivity index (χ1n) is 8.55. The number of rotatable bonds is 6. The second kappa shape index (κ2) is 9.13. The second-order valence-electron chi connectivity index (χ2n) is 6.22. The molecule has 1 amide bonds. The molecular formula is C19H19Cl2N5O2. The fraction of sp³-hybridized carbons (Fsp3) is 0.263. The molecule has 0 spiro atoms. The number of ether oxygens (including phenoxy) is 1. The van der Waals surface area contributed by atoms with Crippen molar-refractivity contribution < 1.29 is 9.53 Å². The third kappa shape index (κ3) is 4.66. The molecular weight excluding hydrogens is 401 g/mol. The van der Waals surface area contributed by atoms with Crippen molar-refractivity contribution >= 4 is 34.8 Å². The largest absolute Gasteiger partial charge is 0.497 e. The fourth-order valence-corrected chi connectivity index (χ4v) is 3.44. The number of anilines is 1. The summed E-state index contributed by atoms with van der Waals surface area (Å²) in [7, 11) is 1.60. The third-order valence-corrected chi connectivity index (χ3v) is 5.10. The van der Waals surface area contributed by atoms with Crippen molar-refractivity contribution in [1.82, 2.24) is 16.2 Å². The van der Waals surface area contributed by atoms with Gasteiger partial charge in [-0.3, -0.25) is 4.79 Å². The van der Waals surface area contributed by atoms with E-state index in [9.17, 15) is 10.1 Å². The standard InChI is InChI=1S/C19H19Cl2N5O2/c1-28-12-7-5-11(6-8-12)23-18-14(10-22)19(26-25-18)24-17(27)9-13-15(20)3-2-4-16(13)21/h2-8,14,18-19,23,25-26H,9H2,1H3,(H,24,27). The summed E-state index contributed by atoms with van der Waals surface area (Å²) >= 11 is 12.2. The summed E-state index contributed by atoms with van der Waals surface area (Å²) < 4.78 is 5.13. The Bertz CT molecular complexity index is 865. The number of nitrogens with zero attached hydrogens (tertiary/aromatic N) is 1. The van der Waals surface area contributed by atoms with Crippen LogP contribution in [0.25, 0.3) is 0 Å². The van der Waals surface area contributed by atoms with E-state index in [4.69, 9.17) is 27.9 Å². The molecule has 3 unspecified atom stereocenters. The number of hydrogen-bond acceptors (Lipinski definition) is 6. The Balaban J connectivity index is 1.61. The molecule has 1 aliphatic rings. The number of methoxy groups -OCH3 is 1. The Kier molecular flexibility index (Phi) is 6.60. The summed E-state index contributed by atoms with van der Waals surface area (Å²) in [6, 6.07) is 14.6. The van der Waals surface area contributed by atoms with Gasteiger partial charge in [0.2, 0.25) is 5.91 Å². The van der Waals surface area contributed by atoms with Crippen LogP contribution in [0.15, 0.2) is 42.5 Å². The molecule has 4 N–H and O–H groups in total. The molecule has 3 atom stereocenters. The zero-order chi connectivity index (χ0) is 20.1. The van der Waals surface area contributed by atoms with Gasteiger partial charge in [-0.05, 0) is 42.0 Å². The Morgan fingerprint density at radius 2 is 1.79 bits per heavy atom. The van der Waals surface area contributed by atoms with Crippen molar-refractivity contribution in [2.24, 2.45) is 5.92 Å². The van der Waals surface area contributed by atoms with Crippen molar-refractivity contribution in [3.8, 4) is 11.8 Å². The van der Waals surface area contributed by atoms with Crippen molar-refractivity contribution in [1.29, 1.82) is 5.26 Å². The molecule has 7 nitrogen and oxygen atoms in total. The average molecular weight is 420 g/mol. The Hall–Kier alpha value is -2.50. The number of hydrogen-bond donors (Lipinski definition) is 4. The van der Waals surface area contributed by atoms with Crippen LogP contribution in [0.4, 0.5) is 5.69 Å². The summed E-state index contributed by atoms with van der Waals surface area (Å²) in [5.74, 6) is -0.101. The van der Waals surface area contributed by atoms with Gasteiger partial charge in [-0.2, -0.15) is 5.26 Å². The highest BCUT2D eigenvalue weighted by atomic mass is 35.5. The molecule has 1 aliphatic heterocycles. The zero-order valence-corrected chi connectivity index (χ0v) is 16.5. The number of nitriles is 1. The molecule has 1 saturated heterocycles. The van der Waals surface area contributed by atoms with Crippen LogP contribution >= 0.6 is 23.2 Å². The van der Waals surface area contributed by atoms with Crippen LogP contribution in [0.5, 0.6) is 5.75 Å². The van der Waals surface area contributed by atoms with Crippen molar-refractivity contribution in [3.63, 3.8) is 0 Å². The van der Waals surface area contributed by atoms with Crippen LogP contribution < -0.4 is 26.2 Å². The first-order valence-corrected chi connectivity index (χ1v) is 9.31. The van der Waals surface area contributed by atoms with E-state index in [0.29, 0.717) is 15.6 Å². The molecule has 2 aromatic carbocycles. The van der Waals surface area contributed by atoms with Crippen LogP contribution in [0.3, 0.4) is 0 Å². The maximum atomic E-state index is 12.4. The van der Waals surface area contributed by atoms with E-state index in [1.807, 2.05) is 24.3 Å². The molecule has 0 aliphatic carbocycles. The maximum Gasteiger partial charge on any atom is 0.225 e. The minimum absolute atomic E-state index is 0.0193. The number of benzene rings is 2. The molecule has 0 bridgehead atoms. The third-order valence-electron chi connectivity index (χ3n) is 4.39. The van der Waals surface area contributed by atoms with E-state index >= 15 is 0 Å². The smallest absolute Gasteiger partial charge is 0.225 e. The van der Waals surface area contributed by atoms with Crippen LogP contribution in [-0.2, 0) is 11.2 Å². The van der Waals surface area contributed by atoms with Gasteiger partial charge in [0.15, 0.2) is 0 Å². The van der Waals surface area contributed by atoms with Crippen LogP contribution in [0.2, 0.25) is 10.0 Å². The predicted molar refractivity (Wildman–Crippen MR) is 108 cm³/mol. The molecule has 2 aromatic rings. The number of halogens is 2. The van der Waals surface area contributed by atoms with Gasteiger partial charge in [0, 0.05) is 15.7 Å². The van der Waals surface area contributed by atoms with Gasteiger partial charge in [0.05, 0.1) is 19.6 Å². The van der Waals surface area contributed by atoms with Crippen LogP contribution in [0.1, 0.15) is 5.56 Å². The number of nitrogens with one attached hydrogen (secondary N) is 4. The molecule has 146 valence electrons. The average Bonchev–Trinajstić information content (AvgIpc) is 3.06. The minimum Gasteiger partial charge on any atom is -0.497 e. The van der Waals surface area contributed by atoms with Gasteiger partial charge in [0.25, 0.3) is 0 Å². The van der Waals surface area contributed by atoms with Crippen LogP contribution in [0, 0.1) is 17.2 Å². The summed E-state index contributed by atoms with van der Waals surface area (Å²) in [4.78, 5) is 12.4. The summed E-state index contributed by atoms with van der Waals surface area (Å²) in [5, 5.41) is 16.5. The van der Waals surface area contributed by atoms with E-state index in [2.05, 4.69) is 27.6 Å². The Morgan fingerprint density at radius 3 is 2.39 bits per heavy atom. The second-order valence-corrected chi connectivity index (χ2v) is 7.03. The Labute approximate surface area is 172 Å². The van der Waals surface area contributed by atoms with Gasteiger partial charge < -0.3 is 15.4 Å². The van der Waals surface area contributed by atoms with Gasteiger partial charge >= 0.3 is 0 Å². The summed E-state index contributed by atoms with van der Waals surface area (Å²) in [6.45, 7) is 0. The number of carbonyl (C=O) groups is 1. The lowest BCUT2D eigenvalue weighted by Gasteiger charge is -2.19. The number of carbonyl (C=O) groups excluding carboxylic acids is 1. The van der Waals surface area contributed by atoms with E-state index in [1.54, 1.807) is 25.3 Å². The number of amides is 1. The van der Waals surface area contributed by atoms with Crippen molar-refractivity contribution in [3.05, 3.63) is 58.1 Å². The summed E-state index contributed by atoms with van der Waals surface area (Å²) in [6.07, 6.45) is -0.951. The molecule has 28 heavy (non-hydrogen) atoms. The quantitative estimate of drug-likeness (QED) is 0.574.